The Balaban J connectivity index is 1.55. The zero-order valence-corrected chi connectivity index (χ0v) is 10.7. The summed E-state index contributed by atoms with van der Waals surface area (Å²) in [5.41, 5.74) is 3.91. The van der Waals surface area contributed by atoms with E-state index in [9.17, 15) is 9.59 Å². The van der Waals surface area contributed by atoms with Crippen LogP contribution in [0.3, 0.4) is 0 Å². The van der Waals surface area contributed by atoms with Gasteiger partial charge in [0.05, 0.1) is 11.8 Å². The van der Waals surface area contributed by atoms with Gasteiger partial charge in [-0.3, -0.25) is 9.59 Å². The van der Waals surface area contributed by atoms with E-state index in [4.69, 9.17) is 5.11 Å². The fourth-order valence-corrected chi connectivity index (χ4v) is 2.81. The molecule has 2 N–H and O–H groups in total. The van der Waals surface area contributed by atoms with Gasteiger partial charge in [-0.25, -0.2) is 0 Å². The van der Waals surface area contributed by atoms with Crippen molar-refractivity contribution in [1.82, 2.24) is 5.32 Å². The molecular formula is C15H17NO3. The van der Waals surface area contributed by atoms with E-state index in [0.29, 0.717) is 13.0 Å². The largest absolute Gasteiger partial charge is 0.481 e. The number of hydrogen-bond acceptors (Lipinski definition) is 2. The second-order valence-corrected chi connectivity index (χ2v) is 5.46. The first-order valence-corrected chi connectivity index (χ1v) is 6.76. The molecule has 0 bridgehead atoms. The topological polar surface area (TPSA) is 66.4 Å². The minimum Gasteiger partial charge on any atom is -0.481 e. The molecule has 4 heteroatoms. The minimum atomic E-state index is -0.863. The maximum atomic E-state index is 11.8. The summed E-state index contributed by atoms with van der Waals surface area (Å²) in [4.78, 5) is 22.5. The normalized spacial score (nSPS) is 23.8. The standard InChI is InChI=1S/C15H17NO3/c17-14(12-7-13(12)15(18)19)16-8-9-4-5-10-2-1-3-11(10)6-9/h4-6,12-13H,1-3,7-8H2,(H,16,17)(H,18,19)/t12-,13-/m1/s1. The zero-order valence-electron chi connectivity index (χ0n) is 10.7. The number of carboxylic acids is 1. The number of carbonyl (C=O) groups is 2. The summed E-state index contributed by atoms with van der Waals surface area (Å²) in [6.45, 7) is 0.495. The van der Waals surface area contributed by atoms with E-state index in [2.05, 4.69) is 17.4 Å². The molecule has 2 aliphatic carbocycles. The molecule has 100 valence electrons. The molecule has 3 rings (SSSR count). The highest BCUT2D eigenvalue weighted by Crippen LogP contribution is 2.38. The van der Waals surface area contributed by atoms with Crippen molar-refractivity contribution in [3.05, 3.63) is 34.9 Å². The molecule has 19 heavy (non-hydrogen) atoms. The summed E-state index contributed by atoms with van der Waals surface area (Å²) in [6, 6.07) is 6.34. The van der Waals surface area contributed by atoms with Crippen LogP contribution in [0.4, 0.5) is 0 Å². The van der Waals surface area contributed by atoms with Crippen molar-refractivity contribution in [2.45, 2.75) is 32.2 Å². The minimum absolute atomic E-state index is 0.132. The molecule has 0 aliphatic heterocycles. The molecular weight excluding hydrogens is 242 g/mol. The van der Waals surface area contributed by atoms with Crippen LogP contribution >= 0.6 is 0 Å². The number of aryl methyl sites for hydroxylation is 2. The first kappa shape index (κ1) is 12.2. The lowest BCUT2D eigenvalue weighted by Gasteiger charge is -2.07. The monoisotopic (exact) mass is 259 g/mol. The van der Waals surface area contributed by atoms with Gasteiger partial charge < -0.3 is 10.4 Å². The lowest BCUT2D eigenvalue weighted by Crippen LogP contribution is -2.25. The lowest BCUT2D eigenvalue weighted by atomic mass is 10.1. The molecule has 2 aliphatic rings. The maximum absolute atomic E-state index is 11.8. The SMILES string of the molecule is O=C(O)[C@@H]1C[C@H]1C(=O)NCc1ccc2c(c1)CCC2. The number of amides is 1. The molecule has 1 saturated carbocycles. The third kappa shape index (κ3) is 2.48. The van der Waals surface area contributed by atoms with Gasteiger partial charge in [-0.2, -0.15) is 0 Å². The summed E-state index contributed by atoms with van der Waals surface area (Å²) >= 11 is 0. The molecule has 0 radical (unpaired) electrons. The van der Waals surface area contributed by atoms with Crippen LogP contribution < -0.4 is 5.32 Å². The van der Waals surface area contributed by atoms with E-state index in [1.165, 1.54) is 17.5 Å². The van der Waals surface area contributed by atoms with E-state index in [-0.39, 0.29) is 11.8 Å². The van der Waals surface area contributed by atoms with Crippen molar-refractivity contribution >= 4 is 11.9 Å². The van der Waals surface area contributed by atoms with Gasteiger partial charge in [0.15, 0.2) is 0 Å². The molecule has 1 aromatic rings. The lowest BCUT2D eigenvalue weighted by molar-refractivity contribution is -0.140. The van der Waals surface area contributed by atoms with E-state index in [1.807, 2.05) is 6.07 Å². The molecule has 2 atom stereocenters. The predicted octanol–water partition coefficient (Wildman–Crippen LogP) is 1.51. The van der Waals surface area contributed by atoms with Gasteiger partial charge in [-0.05, 0) is 42.4 Å². The van der Waals surface area contributed by atoms with Gasteiger partial charge in [0.25, 0.3) is 0 Å². The van der Waals surface area contributed by atoms with Crippen molar-refractivity contribution in [2.24, 2.45) is 11.8 Å². The Morgan fingerprint density at radius 1 is 1.21 bits per heavy atom. The maximum Gasteiger partial charge on any atom is 0.307 e. The molecule has 0 unspecified atom stereocenters. The summed E-state index contributed by atoms with van der Waals surface area (Å²) in [7, 11) is 0. The van der Waals surface area contributed by atoms with Crippen molar-refractivity contribution in [1.29, 1.82) is 0 Å². The average Bonchev–Trinajstić information content (AvgIpc) is 3.07. The van der Waals surface area contributed by atoms with Crippen molar-refractivity contribution < 1.29 is 14.7 Å². The van der Waals surface area contributed by atoms with Crippen molar-refractivity contribution in [3.8, 4) is 0 Å². The number of carbonyl (C=O) groups excluding carboxylic acids is 1. The van der Waals surface area contributed by atoms with E-state index >= 15 is 0 Å². The van der Waals surface area contributed by atoms with Gasteiger partial charge in [0.1, 0.15) is 0 Å². The Hall–Kier alpha value is -1.84. The van der Waals surface area contributed by atoms with Gasteiger partial charge in [0.2, 0.25) is 5.91 Å². The third-order valence-corrected chi connectivity index (χ3v) is 4.07. The summed E-state index contributed by atoms with van der Waals surface area (Å²) < 4.78 is 0. The van der Waals surface area contributed by atoms with Crippen LogP contribution in [-0.4, -0.2) is 17.0 Å². The quantitative estimate of drug-likeness (QED) is 0.861. The fraction of sp³-hybridized carbons (Fsp3) is 0.467. The molecule has 0 saturated heterocycles. The molecule has 4 nitrogen and oxygen atoms in total. The van der Waals surface area contributed by atoms with Crippen LogP contribution in [0.1, 0.15) is 29.5 Å². The smallest absolute Gasteiger partial charge is 0.307 e. The number of hydrogen-bond donors (Lipinski definition) is 2. The van der Waals surface area contributed by atoms with E-state index in [1.54, 1.807) is 0 Å². The molecule has 1 amide bonds. The highest BCUT2D eigenvalue weighted by molar-refractivity contribution is 5.89. The van der Waals surface area contributed by atoms with Crippen molar-refractivity contribution in [3.63, 3.8) is 0 Å². The Morgan fingerprint density at radius 3 is 2.74 bits per heavy atom. The van der Waals surface area contributed by atoms with Crippen LogP contribution in [0.15, 0.2) is 18.2 Å². The molecule has 1 fully saturated rings. The number of rotatable bonds is 4. The number of nitrogens with one attached hydrogen (secondary N) is 1. The highest BCUT2D eigenvalue weighted by Gasteiger charge is 2.48. The Labute approximate surface area is 111 Å². The second kappa shape index (κ2) is 4.68. The molecule has 0 spiro atoms. The second-order valence-electron chi connectivity index (χ2n) is 5.46. The summed E-state index contributed by atoms with van der Waals surface area (Å²) in [5, 5.41) is 11.6. The van der Waals surface area contributed by atoms with Gasteiger partial charge in [-0.15, -0.1) is 0 Å². The summed E-state index contributed by atoms with van der Waals surface area (Å²) in [6.07, 6.45) is 3.98. The number of aliphatic carboxylic acids is 1. The van der Waals surface area contributed by atoms with Crippen LogP contribution in [0, 0.1) is 11.8 Å². The van der Waals surface area contributed by atoms with E-state index in [0.717, 1.165) is 18.4 Å². The fourth-order valence-electron chi connectivity index (χ4n) is 2.81. The predicted molar refractivity (Wildman–Crippen MR) is 69.5 cm³/mol. The van der Waals surface area contributed by atoms with Crippen LogP contribution in [-0.2, 0) is 29.0 Å². The van der Waals surface area contributed by atoms with Crippen LogP contribution in [0.25, 0.3) is 0 Å². The number of benzene rings is 1. The van der Waals surface area contributed by atoms with Gasteiger partial charge in [-0.1, -0.05) is 18.2 Å². The first-order valence-electron chi connectivity index (χ1n) is 6.76. The van der Waals surface area contributed by atoms with Gasteiger partial charge in [0, 0.05) is 6.54 Å². The average molecular weight is 259 g/mol. The Morgan fingerprint density at radius 2 is 2.00 bits per heavy atom. The highest BCUT2D eigenvalue weighted by atomic mass is 16.4. The molecule has 1 aromatic carbocycles. The summed E-state index contributed by atoms with van der Waals surface area (Å²) in [5.74, 6) is -1.79. The third-order valence-electron chi connectivity index (χ3n) is 4.07. The van der Waals surface area contributed by atoms with Gasteiger partial charge >= 0.3 is 5.97 Å². The first-order chi connectivity index (χ1) is 9.15. The van der Waals surface area contributed by atoms with Crippen LogP contribution in [0.5, 0.6) is 0 Å². The molecule has 0 aromatic heterocycles. The zero-order chi connectivity index (χ0) is 13.4. The van der Waals surface area contributed by atoms with E-state index < -0.39 is 11.9 Å². The number of fused-ring (bicyclic) bond motifs is 1. The Bertz CT molecular complexity index is 538. The van der Waals surface area contributed by atoms with Crippen molar-refractivity contribution in [2.75, 3.05) is 0 Å². The Kier molecular flexibility index (Phi) is 3.01. The number of carboxylic acid groups (broad SMARTS) is 1. The van der Waals surface area contributed by atoms with Crippen LogP contribution in [0.2, 0.25) is 0 Å². The molecule has 0 heterocycles.